The Balaban J connectivity index is 1.77. The SMILES string of the molecule is CC(=O)Nc1ncc(CN2C=CCc3ccccc32)s1. The van der Waals surface area contributed by atoms with Crippen LogP contribution in [-0.4, -0.2) is 10.9 Å². The Labute approximate surface area is 121 Å². The van der Waals surface area contributed by atoms with E-state index in [0.717, 1.165) is 17.8 Å². The zero-order valence-electron chi connectivity index (χ0n) is 11.2. The third-order valence-corrected chi connectivity index (χ3v) is 3.98. The minimum absolute atomic E-state index is 0.0888. The van der Waals surface area contributed by atoms with Crippen molar-refractivity contribution >= 4 is 28.1 Å². The van der Waals surface area contributed by atoms with Crippen LogP contribution in [0.1, 0.15) is 17.4 Å². The van der Waals surface area contributed by atoms with Crippen molar-refractivity contribution in [2.75, 3.05) is 10.2 Å². The molecule has 0 fully saturated rings. The predicted octanol–water partition coefficient (Wildman–Crippen LogP) is 3.18. The van der Waals surface area contributed by atoms with Gasteiger partial charge in [-0.3, -0.25) is 4.79 Å². The van der Waals surface area contributed by atoms with Crippen molar-refractivity contribution in [3.63, 3.8) is 0 Å². The van der Waals surface area contributed by atoms with Gasteiger partial charge in [-0.2, -0.15) is 0 Å². The maximum absolute atomic E-state index is 11.0. The molecule has 5 heteroatoms. The van der Waals surface area contributed by atoms with Crippen molar-refractivity contribution in [2.45, 2.75) is 19.9 Å². The number of thiazole rings is 1. The van der Waals surface area contributed by atoms with Crippen molar-refractivity contribution in [3.05, 3.63) is 53.2 Å². The molecule has 0 saturated carbocycles. The highest BCUT2D eigenvalue weighted by Gasteiger charge is 2.13. The van der Waals surface area contributed by atoms with Gasteiger partial charge in [-0.1, -0.05) is 35.6 Å². The Hall–Kier alpha value is -2.14. The monoisotopic (exact) mass is 285 g/mol. The normalized spacial score (nSPS) is 13.2. The van der Waals surface area contributed by atoms with Crippen molar-refractivity contribution in [1.29, 1.82) is 0 Å². The summed E-state index contributed by atoms with van der Waals surface area (Å²) in [6.45, 7) is 2.26. The molecule has 1 aromatic heterocycles. The third-order valence-electron chi connectivity index (χ3n) is 3.09. The number of nitrogens with one attached hydrogen (secondary N) is 1. The smallest absolute Gasteiger partial charge is 0.223 e. The number of aromatic nitrogens is 1. The van der Waals surface area contributed by atoms with Crippen LogP contribution in [0, 0.1) is 0 Å². The number of allylic oxidation sites excluding steroid dienone is 1. The molecule has 0 spiro atoms. The molecule has 2 aromatic rings. The van der Waals surface area contributed by atoms with E-state index in [0.29, 0.717) is 5.13 Å². The molecule has 0 radical (unpaired) electrons. The number of amides is 1. The largest absolute Gasteiger partial charge is 0.343 e. The van der Waals surface area contributed by atoms with E-state index >= 15 is 0 Å². The first-order valence-corrected chi connectivity index (χ1v) is 7.27. The fourth-order valence-corrected chi connectivity index (χ4v) is 3.10. The van der Waals surface area contributed by atoms with Gasteiger partial charge >= 0.3 is 0 Å². The molecule has 0 bridgehead atoms. The second-order valence-corrected chi connectivity index (χ2v) is 5.77. The molecule has 20 heavy (non-hydrogen) atoms. The lowest BCUT2D eigenvalue weighted by Gasteiger charge is -2.25. The summed E-state index contributed by atoms with van der Waals surface area (Å²) in [5.74, 6) is -0.0888. The van der Waals surface area contributed by atoms with E-state index < -0.39 is 0 Å². The quantitative estimate of drug-likeness (QED) is 0.942. The summed E-state index contributed by atoms with van der Waals surface area (Å²) in [6, 6.07) is 8.41. The van der Waals surface area contributed by atoms with E-state index in [4.69, 9.17) is 0 Å². The standard InChI is InChI=1S/C15H15N3OS/c1-11(19)17-15-16-9-13(20-15)10-18-8-4-6-12-5-2-3-7-14(12)18/h2-5,7-9H,6,10H2,1H3,(H,16,17,19). The summed E-state index contributed by atoms with van der Waals surface area (Å²) < 4.78 is 0. The lowest BCUT2D eigenvalue weighted by Crippen LogP contribution is -2.18. The Kier molecular flexibility index (Phi) is 3.52. The Morgan fingerprint density at radius 1 is 1.45 bits per heavy atom. The van der Waals surface area contributed by atoms with E-state index in [1.165, 1.54) is 29.5 Å². The molecule has 2 heterocycles. The fourth-order valence-electron chi connectivity index (χ4n) is 2.25. The van der Waals surface area contributed by atoms with Crippen LogP contribution in [0.4, 0.5) is 10.8 Å². The number of anilines is 2. The summed E-state index contributed by atoms with van der Waals surface area (Å²) in [5, 5.41) is 3.37. The zero-order valence-corrected chi connectivity index (χ0v) is 12.0. The molecule has 0 saturated heterocycles. The molecule has 0 aliphatic carbocycles. The van der Waals surface area contributed by atoms with Gasteiger partial charge in [0, 0.05) is 29.9 Å². The summed E-state index contributed by atoms with van der Waals surface area (Å²) in [5.41, 5.74) is 2.58. The van der Waals surface area contributed by atoms with Crippen molar-refractivity contribution < 1.29 is 4.79 Å². The number of rotatable bonds is 3. The average Bonchev–Trinajstić information content (AvgIpc) is 2.86. The summed E-state index contributed by atoms with van der Waals surface area (Å²) >= 11 is 1.51. The van der Waals surface area contributed by atoms with Gasteiger partial charge in [-0.05, 0) is 18.1 Å². The first-order chi connectivity index (χ1) is 9.72. The lowest BCUT2D eigenvalue weighted by molar-refractivity contribution is -0.114. The maximum Gasteiger partial charge on any atom is 0.223 e. The van der Waals surface area contributed by atoms with E-state index in [9.17, 15) is 4.79 Å². The predicted molar refractivity (Wildman–Crippen MR) is 81.9 cm³/mol. The van der Waals surface area contributed by atoms with Crippen LogP contribution in [0.5, 0.6) is 0 Å². The number of hydrogen-bond acceptors (Lipinski definition) is 4. The molecule has 3 rings (SSSR count). The topological polar surface area (TPSA) is 45.2 Å². The Morgan fingerprint density at radius 3 is 3.15 bits per heavy atom. The van der Waals surface area contributed by atoms with Crippen LogP contribution in [0.25, 0.3) is 0 Å². The Bertz CT molecular complexity index is 663. The van der Waals surface area contributed by atoms with Gasteiger partial charge < -0.3 is 10.2 Å². The summed E-state index contributed by atoms with van der Waals surface area (Å²) in [6.07, 6.45) is 7.08. The molecule has 1 aromatic carbocycles. The van der Waals surface area contributed by atoms with E-state index in [-0.39, 0.29) is 5.91 Å². The van der Waals surface area contributed by atoms with Crippen LogP contribution in [0.15, 0.2) is 42.7 Å². The molecule has 0 unspecified atom stereocenters. The second kappa shape index (κ2) is 5.46. The molecule has 1 aliphatic rings. The minimum Gasteiger partial charge on any atom is -0.343 e. The van der Waals surface area contributed by atoms with Crippen LogP contribution in [0.2, 0.25) is 0 Å². The van der Waals surface area contributed by atoms with Gasteiger partial charge in [-0.25, -0.2) is 4.98 Å². The zero-order chi connectivity index (χ0) is 13.9. The van der Waals surface area contributed by atoms with Gasteiger partial charge in [0.1, 0.15) is 0 Å². The van der Waals surface area contributed by atoms with Crippen molar-refractivity contribution in [1.82, 2.24) is 4.98 Å². The molecular weight excluding hydrogens is 270 g/mol. The number of nitrogens with zero attached hydrogens (tertiary/aromatic N) is 2. The maximum atomic E-state index is 11.0. The van der Waals surface area contributed by atoms with Gasteiger partial charge in [0.2, 0.25) is 5.91 Å². The molecule has 1 amide bonds. The van der Waals surface area contributed by atoms with Crippen molar-refractivity contribution in [2.24, 2.45) is 0 Å². The van der Waals surface area contributed by atoms with Gasteiger partial charge in [0.25, 0.3) is 0 Å². The fraction of sp³-hybridized carbons (Fsp3) is 0.200. The summed E-state index contributed by atoms with van der Waals surface area (Å²) in [4.78, 5) is 18.6. The number of para-hydroxylation sites is 1. The molecule has 0 atom stereocenters. The summed E-state index contributed by atoms with van der Waals surface area (Å²) in [7, 11) is 0. The minimum atomic E-state index is -0.0888. The molecule has 4 nitrogen and oxygen atoms in total. The van der Waals surface area contributed by atoms with Crippen LogP contribution < -0.4 is 10.2 Å². The van der Waals surface area contributed by atoms with Gasteiger partial charge in [0.15, 0.2) is 5.13 Å². The van der Waals surface area contributed by atoms with Gasteiger partial charge in [-0.15, -0.1) is 0 Å². The molecule has 1 aliphatic heterocycles. The Morgan fingerprint density at radius 2 is 2.30 bits per heavy atom. The number of hydrogen-bond donors (Lipinski definition) is 1. The number of carbonyl (C=O) groups is 1. The number of fused-ring (bicyclic) bond motifs is 1. The van der Waals surface area contributed by atoms with Crippen LogP contribution >= 0.6 is 11.3 Å². The average molecular weight is 285 g/mol. The number of carbonyl (C=O) groups excluding carboxylic acids is 1. The van der Waals surface area contributed by atoms with Gasteiger partial charge in [0.05, 0.1) is 6.54 Å². The second-order valence-electron chi connectivity index (χ2n) is 4.66. The highest BCUT2D eigenvalue weighted by molar-refractivity contribution is 7.15. The first kappa shape index (κ1) is 12.9. The van der Waals surface area contributed by atoms with E-state index in [1.807, 2.05) is 6.20 Å². The molecule has 1 N–H and O–H groups in total. The van der Waals surface area contributed by atoms with E-state index in [2.05, 4.69) is 51.7 Å². The molecular formula is C15H15N3OS. The van der Waals surface area contributed by atoms with E-state index in [1.54, 1.807) is 0 Å². The van der Waals surface area contributed by atoms with Crippen molar-refractivity contribution in [3.8, 4) is 0 Å². The third kappa shape index (κ3) is 2.72. The molecule has 102 valence electrons. The van der Waals surface area contributed by atoms with Crippen LogP contribution in [-0.2, 0) is 17.8 Å². The highest BCUT2D eigenvalue weighted by atomic mass is 32.1. The lowest BCUT2D eigenvalue weighted by atomic mass is 10.1. The van der Waals surface area contributed by atoms with Crippen LogP contribution in [0.3, 0.4) is 0 Å². The first-order valence-electron chi connectivity index (χ1n) is 6.46. The number of benzene rings is 1. The highest BCUT2D eigenvalue weighted by Crippen LogP contribution is 2.28.